The Kier molecular flexibility index (Phi) is 5.58. The number of hydrogen-bond donors (Lipinski definition) is 1. The van der Waals surface area contributed by atoms with Crippen LogP contribution in [-0.2, 0) is 11.2 Å². The molecule has 0 saturated carbocycles. The molecule has 0 atom stereocenters. The lowest BCUT2D eigenvalue weighted by Crippen LogP contribution is -2.30. The lowest BCUT2D eigenvalue weighted by Gasteiger charge is -2.17. The zero-order valence-corrected chi connectivity index (χ0v) is 11.5. The van der Waals surface area contributed by atoms with E-state index in [9.17, 15) is 4.79 Å². The maximum absolute atomic E-state index is 12.2. The number of hydrogen-bond acceptors (Lipinski definition) is 4. The van der Waals surface area contributed by atoms with Gasteiger partial charge in [-0.05, 0) is 18.6 Å². The number of amides is 1. The molecule has 0 bridgehead atoms. The van der Waals surface area contributed by atoms with E-state index in [1.165, 1.54) is 0 Å². The topological polar surface area (TPSA) is 54.5 Å². The molecule has 1 heterocycles. The quantitative estimate of drug-likeness (QED) is 0.830. The van der Waals surface area contributed by atoms with Gasteiger partial charge in [0.25, 0.3) is 5.91 Å². The predicted octanol–water partition coefficient (Wildman–Crippen LogP) is 1.40. The molecule has 1 amide bonds. The molecule has 100 valence electrons. The maximum atomic E-state index is 12.2. The average Bonchev–Trinajstić information content (AvgIpc) is 2.43. The van der Waals surface area contributed by atoms with Crippen LogP contribution in [0.4, 0.5) is 5.82 Å². The van der Waals surface area contributed by atoms with Crippen LogP contribution in [0.3, 0.4) is 0 Å². The van der Waals surface area contributed by atoms with E-state index in [0.29, 0.717) is 18.7 Å². The van der Waals surface area contributed by atoms with Crippen molar-refractivity contribution in [2.24, 2.45) is 0 Å². The number of nitrogens with one attached hydrogen (secondary N) is 1. The zero-order valence-electron chi connectivity index (χ0n) is 11.5. The normalized spacial score (nSPS) is 10.2. The average molecular weight is 251 g/mol. The molecule has 0 saturated heterocycles. The molecule has 1 aromatic heterocycles. The minimum Gasteiger partial charge on any atom is -0.383 e. The Labute approximate surface area is 108 Å². The van der Waals surface area contributed by atoms with Crippen LogP contribution < -0.4 is 5.32 Å². The van der Waals surface area contributed by atoms with Gasteiger partial charge in [-0.25, -0.2) is 4.98 Å². The monoisotopic (exact) mass is 251 g/mol. The molecule has 0 radical (unpaired) electrons. The molecule has 0 aliphatic heterocycles. The van der Waals surface area contributed by atoms with Crippen LogP contribution in [0.2, 0.25) is 0 Å². The number of pyridine rings is 1. The van der Waals surface area contributed by atoms with Crippen molar-refractivity contribution in [2.45, 2.75) is 13.3 Å². The number of carbonyl (C=O) groups is 1. The van der Waals surface area contributed by atoms with Gasteiger partial charge in [0.15, 0.2) is 0 Å². The molecular formula is C13H21N3O2. The summed E-state index contributed by atoms with van der Waals surface area (Å²) in [5.74, 6) is 0.707. The van der Waals surface area contributed by atoms with Crippen molar-refractivity contribution in [2.75, 3.05) is 39.7 Å². The Morgan fingerprint density at radius 1 is 1.50 bits per heavy atom. The number of aryl methyl sites for hydroxylation is 1. The first-order valence-corrected chi connectivity index (χ1v) is 6.05. The number of likely N-dealkylation sites (N-methyl/N-ethyl adjacent to an activating group) is 1. The SMILES string of the molecule is CCc1cc(C(=O)N(C)CCOC)cc(NC)n1. The van der Waals surface area contributed by atoms with Gasteiger partial charge in [0, 0.05) is 39.0 Å². The van der Waals surface area contributed by atoms with Gasteiger partial charge in [0.1, 0.15) is 5.82 Å². The van der Waals surface area contributed by atoms with E-state index in [2.05, 4.69) is 10.3 Å². The molecule has 1 aromatic rings. The molecule has 0 aromatic carbocycles. The van der Waals surface area contributed by atoms with Crippen LogP contribution in [0.1, 0.15) is 23.0 Å². The van der Waals surface area contributed by atoms with Crippen molar-refractivity contribution in [3.63, 3.8) is 0 Å². The minimum absolute atomic E-state index is 0.0133. The van der Waals surface area contributed by atoms with E-state index in [1.54, 1.807) is 32.2 Å². The Bertz CT molecular complexity index is 385. The molecule has 0 spiro atoms. The third kappa shape index (κ3) is 3.70. The summed E-state index contributed by atoms with van der Waals surface area (Å²) < 4.78 is 4.97. The van der Waals surface area contributed by atoms with Gasteiger partial charge < -0.3 is 15.0 Å². The number of rotatable bonds is 6. The maximum Gasteiger partial charge on any atom is 0.253 e. The highest BCUT2D eigenvalue weighted by atomic mass is 16.5. The summed E-state index contributed by atoms with van der Waals surface area (Å²) in [7, 11) is 5.19. The van der Waals surface area contributed by atoms with E-state index < -0.39 is 0 Å². The van der Waals surface area contributed by atoms with Gasteiger partial charge in [0.2, 0.25) is 0 Å². The lowest BCUT2D eigenvalue weighted by molar-refractivity contribution is 0.0744. The minimum atomic E-state index is -0.0133. The highest BCUT2D eigenvalue weighted by molar-refractivity contribution is 5.94. The van der Waals surface area contributed by atoms with Gasteiger partial charge in [-0.15, -0.1) is 0 Å². The van der Waals surface area contributed by atoms with Gasteiger partial charge in [-0.2, -0.15) is 0 Å². The summed E-state index contributed by atoms with van der Waals surface area (Å²) in [5, 5.41) is 2.97. The molecule has 5 nitrogen and oxygen atoms in total. The second-order valence-corrected chi connectivity index (χ2v) is 4.06. The Morgan fingerprint density at radius 3 is 2.78 bits per heavy atom. The second-order valence-electron chi connectivity index (χ2n) is 4.06. The van der Waals surface area contributed by atoms with Gasteiger partial charge >= 0.3 is 0 Å². The van der Waals surface area contributed by atoms with Gasteiger partial charge in [-0.1, -0.05) is 6.92 Å². The number of anilines is 1. The second kappa shape index (κ2) is 6.96. The fourth-order valence-corrected chi connectivity index (χ4v) is 1.57. The van der Waals surface area contributed by atoms with Crippen molar-refractivity contribution in [3.05, 3.63) is 23.4 Å². The van der Waals surface area contributed by atoms with Crippen molar-refractivity contribution < 1.29 is 9.53 Å². The van der Waals surface area contributed by atoms with Crippen LogP contribution in [0, 0.1) is 0 Å². The summed E-state index contributed by atoms with van der Waals surface area (Å²) in [5.41, 5.74) is 1.56. The smallest absolute Gasteiger partial charge is 0.253 e. The van der Waals surface area contributed by atoms with E-state index in [1.807, 2.05) is 13.0 Å². The summed E-state index contributed by atoms with van der Waals surface area (Å²) in [6, 6.07) is 3.61. The molecule has 0 fully saturated rings. The highest BCUT2D eigenvalue weighted by Crippen LogP contribution is 2.12. The number of carbonyl (C=O) groups excluding carboxylic acids is 1. The first-order valence-electron chi connectivity index (χ1n) is 6.05. The van der Waals surface area contributed by atoms with Crippen molar-refractivity contribution in [1.82, 2.24) is 9.88 Å². The van der Waals surface area contributed by atoms with Crippen LogP contribution in [0.15, 0.2) is 12.1 Å². The molecule has 18 heavy (non-hydrogen) atoms. The largest absolute Gasteiger partial charge is 0.383 e. The highest BCUT2D eigenvalue weighted by Gasteiger charge is 2.13. The molecule has 0 unspecified atom stereocenters. The third-order valence-corrected chi connectivity index (χ3v) is 2.72. The Morgan fingerprint density at radius 2 is 2.22 bits per heavy atom. The van der Waals surface area contributed by atoms with Gasteiger partial charge in [-0.3, -0.25) is 4.79 Å². The van der Waals surface area contributed by atoms with Crippen molar-refractivity contribution >= 4 is 11.7 Å². The standard InChI is InChI=1S/C13H21N3O2/c1-5-11-8-10(9-12(14-2)15-11)13(17)16(3)6-7-18-4/h8-9H,5-7H2,1-4H3,(H,14,15). The van der Waals surface area contributed by atoms with Crippen LogP contribution >= 0.6 is 0 Å². The fourth-order valence-electron chi connectivity index (χ4n) is 1.57. The summed E-state index contributed by atoms with van der Waals surface area (Å²) in [6.07, 6.45) is 0.803. The summed E-state index contributed by atoms with van der Waals surface area (Å²) >= 11 is 0. The number of methoxy groups -OCH3 is 1. The van der Waals surface area contributed by atoms with Crippen LogP contribution in [0.25, 0.3) is 0 Å². The Balaban J connectivity index is 2.90. The summed E-state index contributed by atoms with van der Waals surface area (Å²) in [4.78, 5) is 18.2. The van der Waals surface area contributed by atoms with Crippen LogP contribution in [-0.4, -0.2) is 50.1 Å². The van der Waals surface area contributed by atoms with Crippen molar-refractivity contribution in [3.8, 4) is 0 Å². The summed E-state index contributed by atoms with van der Waals surface area (Å²) in [6.45, 7) is 3.13. The lowest BCUT2D eigenvalue weighted by atomic mass is 10.1. The first-order chi connectivity index (χ1) is 8.62. The van der Waals surface area contributed by atoms with Crippen molar-refractivity contribution in [1.29, 1.82) is 0 Å². The zero-order chi connectivity index (χ0) is 13.5. The molecule has 1 rings (SSSR count). The molecule has 1 N–H and O–H groups in total. The Hall–Kier alpha value is -1.62. The fraction of sp³-hybridized carbons (Fsp3) is 0.538. The number of nitrogens with zero attached hydrogens (tertiary/aromatic N) is 2. The molecule has 5 heteroatoms. The van der Waals surface area contributed by atoms with E-state index >= 15 is 0 Å². The predicted molar refractivity (Wildman–Crippen MR) is 72.0 cm³/mol. The van der Waals surface area contributed by atoms with E-state index in [-0.39, 0.29) is 5.91 Å². The molecule has 0 aliphatic rings. The van der Waals surface area contributed by atoms with E-state index in [0.717, 1.165) is 17.9 Å². The van der Waals surface area contributed by atoms with Crippen LogP contribution in [0.5, 0.6) is 0 Å². The van der Waals surface area contributed by atoms with E-state index in [4.69, 9.17) is 4.74 Å². The first kappa shape index (κ1) is 14.4. The molecular weight excluding hydrogens is 230 g/mol. The van der Waals surface area contributed by atoms with Gasteiger partial charge in [0.05, 0.1) is 6.61 Å². The number of aromatic nitrogens is 1. The third-order valence-electron chi connectivity index (χ3n) is 2.72. The number of ether oxygens (including phenoxy) is 1. The molecule has 0 aliphatic carbocycles.